The van der Waals surface area contributed by atoms with Crippen LogP contribution in [0.5, 0.6) is 0 Å². The van der Waals surface area contributed by atoms with E-state index in [1.165, 1.54) is 6.20 Å². The lowest BCUT2D eigenvalue weighted by atomic mass is 9.98. The zero-order chi connectivity index (χ0) is 12.2. The molecule has 1 rings (SSSR count). The third-order valence-corrected chi connectivity index (χ3v) is 2.38. The van der Waals surface area contributed by atoms with Gasteiger partial charge in [0.05, 0.1) is 5.56 Å². The number of carbonyl (C=O) groups is 1. The predicted molar refractivity (Wildman–Crippen MR) is 65.1 cm³/mol. The molecular weight excluding hydrogens is 202 g/mol. The maximum absolute atomic E-state index is 11.9. The van der Waals surface area contributed by atoms with Crippen LogP contribution in [0.15, 0.2) is 18.3 Å². The van der Waals surface area contributed by atoms with Crippen molar-refractivity contribution in [3.8, 4) is 0 Å². The Morgan fingerprint density at radius 1 is 1.50 bits per heavy atom. The first-order valence-corrected chi connectivity index (χ1v) is 5.48. The summed E-state index contributed by atoms with van der Waals surface area (Å²) >= 11 is 0. The van der Waals surface area contributed by atoms with Gasteiger partial charge in [0.15, 0.2) is 0 Å². The smallest absolute Gasteiger partial charge is 0.253 e. The normalized spacial score (nSPS) is 11.2. The highest BCUT2D eigenvalue weighted by Gasteiger charge is 2.19. The fourth-order valence-electron chi connectivity index (χ4n) is 1.61. The van der Waals surface area contributed by atoms with Gasteiger partial charge in [0, 0.05) is 11.7 Å². The molecule has 0 saturated carbocycles. The Morgan fingerprint density at radius 3 is 2.69 bits per heavy atom. The number of pyridine rings is 1. The molecule has 1 aromatic heterocycles. The number of aromatic nitrogens is 1. The average molecular weight is 221 g/mol. The third-order valence-electron chi connectivity index (χ3n) is 2.38. The molecule has 0 bridgehead atoms. The molecule has 16 heavy (non-hydrogen) atoms. The zero-order valence-corrected chi connectivity index (χ0v) is 10.1. The van der Waals surface area contributed by atoms with E-state index in [1.54, 1.807) is 12.1 Å². The monoisotopic (exact) mass is 221 g/mol. The topological polar surface area (TPSA) is 68.0 Å². The summed E-state index contributed by atoms with van der Waals surface area (Å²) in [7, 11) is 0. The quantitative estimate of drug-likeness (QED) is 0.816. The van der Waals surface area contributed by atoms with Crippen LogP contribution in [0.25, 0.3) is 0 Å². The molecule has 3 N–H and O–H groups in total. The second-order valence-electron chi connectivity index (χ2n) is 4.56. The largest absolute Gasteiger partial charge is 0.384 e. The van der Waals surface area contributed by atoms with Gasteiger partial charge in [-0.05, 0) is 32.4 Å². The molecule has 0 unspecified atom stereocenters. The summed E-state index contributed by atoms with van der Waals surface area (Å²) in [5.41, 5.74) is 5.81. The molecule has 0 radical (unpaired) electrons. The Kier molecular flexibility index (Phi) is 3.88. The van der Waals surface area contributed by atoms with Crippen LogP contribution in [0.2, 0.25) is 0 Å². The molecule has 0 aliphatic heterocycles. The highest BCUT2D eigenvalue weighted by Crippen LogP contribution is 2.12. The predicted octanol–water partition coefficient (Wildman–Crippen LogP) is 1.97. The van der Waals surface area contributed by atoms with E-state index in [4.69, 9.17) is 5.73 Å². The molecule has 88 valence electrons. The number of nitrogens with zero attached hydrogens (tertiary/aromatic N) is 1. The van der Waals surface area contributed by atoms with Gasteiger partial charge in [-0.25, -0.2) is 4.98 Å². The van der Waals surface area contributed by atoms with Crippen LogP contribution in [0.4, 0.5) is 5.82 Å². The first-order valence-electron chi connectivity index (χ1n) is 5.48. The zero-order valence-electron chi connectivity index (χ0n) is 10.1. The average Bonchev–Trinajstić information content (AvgIpc) is 2.17. The van der Waals surface area contributed by atoms with Gasteiger partial charge in [0.25, 0.3) is 5.91 Å². The molecule has 1 heterocycles. The lowest BCUT2D eigenvalue weighted by molar-refractivity contribution is 0.0908. The van der Waals surface area contributed by atoms with E-state index >= 15 is 0 Å². The van der Waals surface area contributed by atoms with Crippen LogP contribution in [0.3, 0.4) is 0 Å². The summed E-state index contributed by atoms with van der Waals surface area (Å²) in [6.45, 7) is 6.12. The Morgan fingerprint density at radius 2 is 2.19 bits per heavy atom. The summed E-state index contributed by atoms with van der Waals surface area (Å²) < 4.78 is 0. The minimum absolute atomic E-state index is 0.106. The molecule has 1 aromatic rings. The van der Waals surface area contributed by atoms with Crippen molar-refractivity contribution in [2.45, 2.75) is 39.2 Å². The second kappa shape index (κ2) is 4.96. The van der Waals surface area contributed by atoms with Crippen molar-refractivity contribution < 1.29 is 4.79 Å². The van der Waals surface area contributed by atoms with Crippen LogP contribution < -0.4 is 11.1 Å². The lowest BCUT2D eigenvalue weighted by Gasteiger charge is -2.25. The summed E-state index contributed by atoms with van der Waals surface area (Å²) in [5, 5.41) is 2.97. The van der Waals surface area contributed by atoms with Crippen molar-refractivity contribution in [2.24, 2.45) is 0 Å². The van der Waals surface area contributed by atoms with Gasteiger partial charge in [-0.15, -0.1) is 0 Å². The Balaban J connectivity index is 2.69. The number of hydrogen-bond donors (Lipinski definition) is 2. The number of rotatable bonds is 4. The highest BCUT2D eigenvalue weighted by atomic mass is 16.1. The van der Waals surface area contributed by atoms with E-state index in [1.807, 2.05) is 13.8 Å². The minimum Gasteiger partial charge on any atom is -0.384 e. The van der Waals surface area contributed by atoms with Crippen LogP contribution in [0.1, 0.15) is 44.0 Å². The highest BCUT2D eigenvalue weighted by molar-refractivity contribution is 5.94. The number of nitrogen functional groups attached to an aromatic ring is 1. The van der Waals surface area contributed by atoms with Crippen LogP contribution in [-0.2, 0) is 0 Å². The molecule has 0 fully saturated rings. The summed E-state index contributed by atoms with van der Waals surface area (Å²) in [6, 6.07) is 3.31. The van der Waals surface area contributed by atoms with Crippen molar-refractivity contribution >= 4 is 11.7 Å². The molecule has 4 nitrogen and oxygen atoms in total. The SMILES string of the molecule is CCCC(C)(C)NC(=O)c1ccc(N)nc1. The molecule has 0 aliphatic rings. The van der Waals surface area contributed by atoms with E-state index in [0.717, 1.165) is 12.8 Å². The summed E-state index contributed by atoms with van der Waals surface area (Å²) in [5.74, 6) is 0.315. The molecule has 0 saturated heterocycles. The third kappa shape index (κ3) is 3.53. The summed E-state index contributed by atoms with van der Waals surface area (Å²) in [4.78, 5) is 15.7. The Labute approximate surface area is 96.3 Å². The van der Waals surface area contributed by atoms with Gasteiger partial charge >= 0.3 is 0 Å². The number of amides is 1. The van der Waals surface area contributed by atoms with Crippen molar-refractivity contribution in [1.82, 2.24) is 10.3 Å². The van der Waals surface area contributed by atoms with E-state index in [2.05, 4.69) is 17.2 Å². The van der Waals surface area contributed by atoms with Crippen molar-refractivity contribution in [2.75, 3.05) is 5.73 Å². The first-order chi connectivity index (χ1) is 7.44. The number of nitrogens with one attached hydrogen (secondary N) is 1. The minimum atomic E-state index is -0.187. The van der Waals surface area contributed by atoms with Gasteiger partial charge < -0.3 is 11.1 Å². The van der Waals surface area contributed by atoms with Gasteiger partial charge in [-0.3, -0.25) is 4.79 Å². The number of carbonyl (C=O) groups excluding carboxylic acids is 1. The van der Waals surface area contributed by atoms with Gasteiger partial charge in [-0.2, -0.15) is 0 Å². The Hall–Kier alpha value is -1.58. The fourth-order valence-corrected chi connectivity index (χ4v) is 1.61. The summed E-state index contributed by atoms with van der Waals surface area (Å²) in [6.07, 6.45) is 3.47. The maximum Gasteiger partial charge on any atom is 0.253 e. The van der Waals surface area contributed by atoms with E-state index in [-0.39, 0.29) is 11.4 Å². The number of nitrogens with two attached hydrogens (primary N) is 1. The van der Waals surface area contributed by atoms with Gasteiger partial charge in [0.1, 0.15) is 5.82 Å². The number of hydrogen-bond acceptors (Lipinski definition) is 3. The first kappa shape index (κ1) is 12.5. The molecule has 1 amide bonds. The molecular formula is C12H19N3O. The van der Waals surface area contributed by atoms with Gasteiger partial charge in [0.2, 0.25) is 0 Å². The molecule has 0 atom stereocenters. The molecule has 4 heteroatoms. The standard InChI is InChI=1S/C12H19N3O/c1-4-7-12(2,3)15-11(16)9-5-6-10(13)14-8-9/h5-6,8H,4,7H2,1-3H3,(H2,13,14)(H,15,16). The van der Waals surface area contributed by atoms with E-state index in [0.29, 0.717) is 11.4 Å². The van der Waals surface area contributed by atoms with Crippen molar-refractivity contribution in [3.05, 3.63) is 23.9 Å². The van der Waals surface area contributed by atoms with Crippen LogP contribution in [0, 0.1) is 0 Å². The Bertz CT molecular complexity index is 357. The molecule has 0 spiro atoms. The van der Waals surface area contributed by atoms with Crippen LogP contribution in [-0.4, -0.2) is 16.4 Å². The van der Waals surface area contributed by atoms with E-state index < -0.39 is 0 Å². The lowest BCUT2D eigenvalue weighted by Crippen LogP contribution is -2.43. The number of anilines is 1. The van der Waals surface area contributed by atoms with E-state index in [9.17, 15) is 4.79 Å². The van der Waals surface area contributed by atoms with Crippen molar-refractivity contribution in [1.29, 1.82) is 0 Å². The van der Waals surface area contributed by atoms with Crippen molar-refractivity contribution in [3.63, 3.8) is 0 Å². The van der Waals surface area contributed by atoms with Gasteiger partial charge in [-0.1, -0.05) is 13.3 Å². The fraction of sp³-hybridized carbons (Fsp3) is 0.500. The van der Waals surface area contributed by atoms with Crippen LogP contribution >= 0.6 is 0 Å². The molecule has 0 aromatic carbocycles. The maximum atomic E-state index is 11.9. The second-order valence-corrected chi connectivity index (χ2v) is 4.56. The molecule has 0 aliphatic carbocycles.